The number of nitrogens with one attached hydrogen (secondary N) is 2. The van der Waals surface area contributed by atoms with E-state index < -0.39 is 0 Å². The zero-order valence-electron chi connectivity index (χ0n) is 7.79. The number of hydrogen-bond donors (Lipinski definition) is 2. The minimum Gasteiger partial charge on any atom is -0.379 e. The Morgan fingerprint density at radius 3 is 3.00 bits per heavy atom. The SMILES string of the molecule is Brc1cnc(CNN2CCOCC2)[nH]1. The third-order valence-corrected chi connectivity index (χ3v) is 2.48. The van der Waals surface area contributed by atoms with Crippen LogP contribution in [-0.4, -0.2) is 41.3 Å². The maximum atomic E-state index is 5.24. The minimum absolute atomic E-state index is 0.728. The van der Waals surface area contributed by atoms with E-state index in [1.54, 1.807) is 6.20 Å². The number of morpholine rings is 1. The van der Waals surface area contributed by atoms with Crippen LogP contribution in [0.3, 0.4) is 0 Å². The van der Waals surface area contributed by atoms with Gasteiger partial charge < -0.3 is 9.72 Å². The summed E-state index contributed by atoms with van der Waals surface area (Å²) in [7, 11) is 0. The van der Waals surface area contributed by atoms with Crippen molar-refractivity contribution >= 4 is 15.9 Å². The number of hydrazine groups is 1. The standard InChI is InChI=1S/C8H13BrN4O/c9-7-5-10-8(12-7)6-11-13-1-3-14-4-2-13/h5,11H,1-4,6H2,(H,10,12). The molecule has 0 aromatic carbocycles. The molecule has 6 heteroatoms. The van der Waals surface area contributed by atoms with Crippen molar-refractivity contribution < 1.29 is 4.74 Å². The molecule has 1 aromatic rings. The molecule has 0 bridgehead atoms. The maximum Gasteiger partial charge on any atom is 0.122 e. The van der Waals surface area contributed by atoms with Gasteiger partial charge in [0.15, 0.2) is 0 Å². The Hall–Kier alpha value is -0.430. The molecule has 0 aliphatic carbocycles. The number of rotatable bonds is 3. The summed E-state index contributed by atoms with van der Waals surface area (Å²) in [6, 6.07) is 0. The van der Waals surface area contributed by atoms with Crippen molar-refractivity contribution in [2.75, 3.05) is 26.3 Å². The number of nitrogens with zero attached hydrogens (tertiary/aromatic N) is 2. The molecule has 1 aromatic heterocycles. The number of aromatic nitrogens is 2. The first-order chi connectivity index (χ1) is 6.84. The Bertz CT molecular complexity index is 285. The fraction of sp³-hybridized carbons (Fsp3) is 0.625. The van der Waals surface area contributed by atoms with E-state index in [2.05, 4.69) is 36.3 Å². The summed E-state index contributed by atoms with van der Waals surface area (Å²) in [4.78, 5) is 7.28. The first-order valence-electron chi connectivity index (χ1n) is 4.60. The zero-order chi connectivity index (χ0) is 9.80. The average molecular weight is 261 g/mol. The lowest BCUT2D eigenvalue weighted by atomic mass is 10.5. The topological polar surface area (TPSA) is 53.2 Å². The van der Waals surface area contributed by atoms with Crippen LogP contribution >= 0.6 is 15.9 Å². The molecule has 1 saturated heterocycles. The molecule has 1 aliphatic heterocycles. The summed E-state index contributed by atoms with van der Waals surface area (Å²) in [5.41, 5.74) is 3.29. The van der Waals surface area contributed by atoms with E-state index in [-0.39, 0.29) is 0 Å². The normalized spacial score (nSPS) is 18.6. The van der Waals surface area contributed by atoms with Crippen molar-refractivity contribution in [3.05, 3.63) is 16.6 Å². The monoisotopic (exact) mass is 260 g/mol. The largest absolute Gasteiger partial charge is 0.379 e. The predicted octanol–water partition coefficient (Wildman–Crippen LogP) is 0.509. The summed E-state index contributed by atoms with van der Waals surface area (Å²) < 4.78 is 6.16. The van der Waals surface area contributed by atoms with E-state index >= 15 is 0 Å². The van der Waals surface area contributed by atoms with Crippen LogP contribution in [0.4, 0.5) is 0 Å². The number of aromatic amines is 1. The molecule has 0 saturated carbocycles. The van der Waals surface area contributed by atoms with E-state index in [9.17, 15) is 0 Å². The van der Waals surface area contributed by atoms with Gasteiger partial charge in [-0.3, -0.25) is 0 Å². The van der Waals surface area contributed by atoms with Crippen molar-refractivity contribution in [2.24, 2.45) is 0 Å². The fourth-order valence-electron chi connectivity index (χ4n) is 1.33. The van der Waals surface area contributed by atoms with Crippen molar-refractivity contribution in [3.8, 4) is 0 Å². The number of halogens is 1. The average Bonchev–Trinajstić information content (AvgIpc) is 2.63. The smallest absolute Gasteiger partial charge is 0.122 e. The van der Waals surface area contributed by atoms with Gasteiger partial charge in [-0.15, -0.1) is 0 Å². The van der Waals surface area contributed by atoms with Gasteiger partial charge in [0, 0.05) is 13.1 Å². The van der Waals surface area contributed by atoms with E-state index in [0.29, 0.717) is 0 Å². The summed E-state index contributed by atoms with van der Waals surface area (Å²) in [6.45, 7) is 4.19. The molecular formula is C8H13BrN4O. The van der Waals surface area contributed by atoms with Gasteiger partial charge in [-0.25, -0.2) is 15.4 Å². The lowest BCUT2D eigenvalue weighted by molar-refractivity contribution is 0.0101. The Balaban J connectivity index is 1.76. The minimum atomic E-state index is 0.728. The summed E-state index contributed by atoms with van der Waals surface area (Å²) in [6.07, 6.45) is 1.76. The van der Waals surface area contributed by atoms with Crippen molar-refractivity contribution in [3.63, 3.8) is 0 Å². The number of ether oxygens (including phenoxy) is 1. The zero-order valence-corrected chi connectivity index (χ0v) is 9.38. The van der Waals surface area contributed by atoms with Crippen LogP contribution in [0.25, 0.3) is 0 Å². The van der Waals surface area contributed by atoms with E-state index in [0.717, 1.165) is 43.3 Å². The van der Waals surface area contributed by atoms with Crippen molar-refractivity contribution in [1.29, 1.82) is 0 Å². The van der Waals surface area contributed by atoms with E-state index in [4.69, 9.17) is 4.74 Å². The van der Waals surface area contributed by atoms with Gasteiger partial charge in [0.1, 0.15) is 10.4 Å². The summed E-state index contributed by atoms with van der Waals surface area (Å²) >= 11 is 3.32. The van der Waals surface area contributed by atoms with Gasteiger partial charge in [0.2, 0.25) is 0 Å². The van der Waals surface area contributed by atoms with Crippen molar-refractivity contribution in [1.82, 2.24) is 20.4 Å². The Morgan fingerprint density at radius 1 is 1.57 bits per heavy atom. The molecule has 2 heterocycles. The lowest BCUT2D eigenvalue weighted by Gasteiger charge is -2.26. The third kappa shape index (κ3) is 2.78. The second kappa shape index (κ2) is 4.88. The van der Waals surface area contributed by atoms with E-state index in [1.807, 2.05) is 0 Å². The van der Waals surface area contributed by atoms with Gasteiger partial charge in [0.25, 0.3) is 0 Å². The highest BCUT2D eigenvalue weighted by Gasteiger charge is 2.09. The highest BCUT2D eigenvalue weighted by molar-refractivity contribution is 9.10. The summed E-state index contributed by atoms with van der Waals surface area (Å²) in [5, 5.41) is 2.15. The van der Waals surface area contributed by atoms with Gasteiger partial charge in [0.05, 0.1) is 26.0 Å². The molecule has 5 nitrogen and oxygen atoms in total. The predicted molar refractivity (Wildman–Crippen MR) is 55.5 cm³/mol. The first kappa shape index (κ1) is 10.1. The number of H-pyrrole nitrogens is 1. The molecule has 2 N–H and O–H groups in total. The van der Waals surface area contributed by atoms with Crippen LogP contribution in [0.2, 0.25) is 0 Å². The molecular weight excluding hydrogens is 248 g/mol. The molecule has 0 spiro atoms. The van der Waals surface area contributed by atoms with E-state index in [1.165, 1.54) is 0 Å². The van der Waals surface area contributed by atoms with Gasteiger partial charge in [-0.1, -0.05) is 0 Å². The Morgan fingerprint density at radius 2 is 2.36 bits per heavy atom. The fourth-order valence-corrected chi connectivity index (χ4v) is 1.67. The van der Waals surface area contributed by atoms with Crippen LogP contribution in [0, 0.1) is 0 Å². The first-order valence-corrected chi connectivity index (χ1v) is 5.39. The Kier molecular flexibility index (Phi) is 3.52. The quantitative estimate of drug-likeness (QED) is 0.832. The van der Waals surface area contributed by atoms with Gasteiger partial charge in [-0.2, -0.15) is 0 Å². The number of imidazole rings is 1. The van der Waals surface area contributed by atoms with Crippen LogP contribution in [0.1, 0.15) is 5.82 Å². The third-order valence-electron chi connectivity index (χ3n) is 2.08. The second-order valence-corrected chi connectivity index (χ2v) is 3.97. The van der Waals surface area contributed by atoms with Gasteiger partial charge in [-0.05, 0) is 15.9 Å². The maximum absolute atomic E-state index is 5.24. The molecule has 1 fully saturated rings. The molecule has 0 amide bonds. The molecule has 0 radical (unpaired) electrons. The van der Waals surface area contributed by atoms with Crippen molar-refractivity contribution in [2.45, 2.75) is 6.54 Å². The molecule has 2 rings (SSSR count). The van der Waals surface area contributed by atoms with Crippen LogP contribution in [-0.2, 0) is 11.3 Å². The molecule has 78 valence electrons. The molecule has 1 aliphatic rings. The molecule has 0 atom stereocenters. The molecule has 14 heavy (non-hydrogen) atoms. The second-order valence-electron chi connectivity index (χ2n) is 3.11. The van der Waals surface area contributed by atoms with Crippen LogP contribution in [0.5, 0.6) is 0 Å². The highest BCUT2D eigenvalue weighted by atomic mass is 79.9. The number of hydrogen-bond acceptors (Lipinski definition) is 4. The van der Waals surface area contributed by atoms with Gasteiger partial charge >= 0.3 is 0 Å². The van der Waals surface area contributed by atoms with Crippen LogP contribution in [0.15, 0.2) is 10.8 Å². The Labute approximate surface area is 90.9 Å². The van der Waals surface area contributed by atoms with Crippen LogP contribution < -0.4 is 5.43 Å². The lowest BCUT2D eigenvalue weighted by Crippen LogP contribution is -2.45. The summed E-state index contributed by atoms with van der Waals surface area (Å²) in [5.74, 6) is 0.934. The highest BCUT2D eigenvalue weighted by Crippen LogP contribution is 2.04. The molecule has 0 unspecified atom stereocenters.